The molecule has 0 aliphatic carbocycles. The van der Waals surface area contributed by atoms with Crippen molar-refractivity contribution >= 4 is 91.8 Å². The van der Waals surface area contributed by atoms with Gasteiger partial charge < -0.3 is 9.47 Å². The first-order valence-corrected chi connectivity index (χ1v) is 16.2. The second-order valence-corrected chi connectivity index (χ2v) is 13.2. The van der Waals surface area contributed by atoms with Gasteiger partial charge in [-0.05, 0) is 98.6 Å². The molecule has 5 rings (SSSR count). The summed E-state index contributed by atoms with van der Waals surface area (Å²) in [7, 11) is 1.34. The van der Waals surface area contributed by atoms with Crippen LogP contribution in [-0.2, 0) is 16.1 Å². The molecule has 11 heteroatoms. The molecule has 0 fully saturated rings. The number of thiazole rings is 1. The molecule has 0 amide bonds. The van der Waals surface area contributed by atoms with E-state index in [-0.39, 0.29) is 5.56 Å². The maximum Gasteiger partial charge on any atom is 0.338 e. The van der Waals surface area contributed by atoms with Gasteiger partial charge in [0.2, 0.25) is 0 Å². The van der Waals surface area contributed by atoms with Crippen molar-refractivity contribution in [3.8, 4) is 5.75 Å². The van der Waals surface area contributed by atoms with E-state index in [0.717, 1.165) is 29.6 Å². The number of halogens is 4. The zero-order valence-corrected chi connectivity index (χ0v) is 28.4. The highest BCUT2D eigenvalue weighted by Gasteiger charge is 2.33. The van der Waals surface area contributed by atoms with Gasteiger partial charge in [-0.1, -0.05) is 77.9 Å². The summed E-state index contributed by atoms with van der Waals surface area (Å²) in [6.07, 6.45) is 2.38. The number of aromatic nitrogens is 1. The largest absolute Gasteiger partial charge is 0.487 e. The molecule has 0 unspecified atom stereocenters. The number of fused-ring (bicyclic) bond motifs is 1. The second-order valence-electron chi connectivity index (χ2n) is 9.05. The minimum absolute atomic E-state index is 0.218. The van der Waals surface area contributed by atoms with Crippen LogP contribution in [0.3, 0.4) is 0 Å². The Hall–Kier alpha value is -2.19. The Bertz CT molecular complexity index is 1850. The number of rotatable bonds is 7. The van der Waals surface area contributed by atoms with E-state index in [1.54, 1.807) is 16.7 Å². The van der Waals surface area contributed by atoms with E-state index < -0.39 is 12.0 Å². The van der Waals surface area contributed by atoms with Gasteiger partial charge in [0.1, 0.15) is 12.4 Å². The summed E-state index contributed by atoms with van der Waals surface area (Å²) in [5, 5.41) is 0.977. The van der Waals surface area contributed by atoms with Crippen molar-refractivity contribution in [2.24, 2.45) is 4.99 Å². The van der Waals surface area contributed by atoms with Crippen LogP contribution in [0.2, 0.25) is 10.0 Å². The number of hydrogen-bond acceptors (Lipinski definition) is 6. The normalized spacial score (nSPS) is 15.0. The third kappa shape index (κ3) is 6.29. The van der Waals surface area contributed by atoms with Crippen molar-refractivity contribution in [1.29, 1.82) is 0 Å². The van der Waals surface area contributed by atoms with Gasteiger partial charge in [-0.2, -0.15) is 0 Å². The number of allylic oxidation sites excluding steroid dienone is 1. The van der Waals surface area contributed by atoms with Gasteiger partial charge in [0, 0.05) is 0 Å². The number of ether oxygens (including phenoxy) is 2. The van der Waals surface area contributed by atoms with E-state index in [1.165, 1.54) is 18.4 Å². The van der Waals surface area contributed by atoms with Crippen LogP contribution in [-0.4, -0.2) is 17.6 Å². The van der Waals surface area contributed by atoms with Crippen LogP contribution < -0.4 is 19.6 Å². The molecule has 0 bridgehead atoms. The number of benzene rings is 3. The van der Waals surface area contributed by atoms with Crippen molar-refractivity contribution < 1.29 is 14.3 Å². The molecule has 210 valence electrons. The number of hydrogen-bond donors (Lipinski definition) is 0. The minimum Gasteiger partial charge on any atom is -0.487 e. The van der Waals surface area contributed by atoms with Crippen LogP contribution in [0.1, 0.15) is 36.1 Å². The third-order valence-electron chi connectivity index (χ3n) is 6.45. The molecule has 0 radical (unpaired) electrons. The first-order chi connectivity index (χ1) is 19.7. The Morgan fingerprint density at radius 2 is 1.78 bits per heavy atom. The van der Waals surface area contributed by atoms with Gasteiger partial charge in [0.15, 0.2) is 4.80 Å². The molecule has 1 atom stereocenters. The van der Waals surface area contributed by atoms with Gasteiger partial charge in [-0.25, -0.2) is 9.79 Å². The van der Waals surface area contributed by atoms with Gasteiger partial charge >= 0.3 is 5.97 Å². The van der Waals surface area contributed by atoms with E-state index in [2.05, 4.69) is 45.2 Å². The molecule has 1 aliphatic heterocycles. The average molecular weight is 831 g/mol. The fourth-order valence-electron chi connectivity index (χ4n) is 4.55. The van der Waals surface area contributed by atoms with Gasteiger partial charge in [-0.3, -0.25) is 9.36 Å². The first kappa shape index (κ1) is 30.3. The van der Waals surface area contributed by atoms with Crippen LogP contribution in [0.25, 0.3) is 6.08 Å². The lowest BCUT2D eigenvalue weighted by molar-refractivity contribution is -0.136. The molecule has 0 saturated heterocycles. The molecule has 1 aromatic heterocycles. The number of methoxy groups -OCH3 is 1. The fourth-order valence-corrected chi connectivity index (χ4v) is 8.02. The Balaban J connectivity index is 1.55. The number of nitrogens with zero attached hydrogens (tertiary/aromatic N) is 2. The molecule has 2 heterocycles. The summed E-state index contributed by atoms with van der Waals surface area (Å²) in [6, 6.07) is 18.2. The molecule has 0 saturated carbocycles. The average Bonchev–Trinajstić information content (AvgIpc) is 3.27. The van der Waals surface area contributed by atoms with Gasteiger partial charge in [0.05, 0.1) is 46.1 Å². The van der Waals surface area contributed by atoms with Crippen molar-refractivity contribution in [3.05, 3.63) is 125 Å². The van der Waals surface area contributed by atoms with Gasteiger partial charge in [-0.15, -0.1) is 0 Å². The van der Waals surface area contributed by atoms with Crippen LogP contribution in [0.5, 0.6) is 5.75 Å². The molecule has 3 aromatic carbocycles. The molecular formula is C30H22Cl2I2N2O4S. The molecular weight excluding hydrogens is 809 g/mol. The maximum absolute atomic E-state index is 13.9. The summed E-state index contributed by atoms with van der Waals surface area (Å²) < 4.78 is 15.2. The molecule has 1 aliphatic rings. The van der Waals surface area contributed by atoms with Crippen LogP contribution in [0, 0.1) is 7.14 Å². The van der Waals surface area contributed by atoms with E-state index in [1.807, 2.05) is 61.5 Å². The Kier molecular flexibility index (Phi) is 9.59. The quantitative estimate of drug-likeness (QED) is 0.150. The number of carbonyl (C=O) groups excluding carboxylic acids is 1. The first-order valence-electron chi connectivity index (χ1n) is 12.5. The molecule has 0 N–H and O–H groups in total. The number of carbonyl (C=O) groups is 1. The molecule has 6 nitrogen and oxygen atoms in total. The topological polar surface area (TPSA) is 69.9 Å². The van der Waals surface area contributed by atoms with Crippen LogP contribution >= 0.6 is 79.7 Å². The monoisotopic (exact) mass is 830 g/mol. The minimum atomic E-state index is -0.630. The second kappa shape index (κ2) is 13.0. The van der Waals surface area contributed by atoms with E-state index in [0.29, 0.717) is 43.7 Å². The smallest absolute Gasteiger partial charge is 0.338 e. The highest BCUT2D eigenvalue weighted by Crippen LogP contribution is 2.33. The lowest BCUT2D eigenvalue weighted by Crippen LogP contribution is -2.40. The standard InChI is InChI=1S/C30H22Cl2I2N2O4S/c1-3-23-25(29(38)39-2)26(18-7-5-4-6-8-18)36-28(37)24(41-30(36)35-23)14-17-12-21(33)27(22(34)13-17)40-15-16-9-10-19(31)20(32)11-16/h4-14,26H,3,15H2,1-2H3/b24-14+/t26-/m1/s1. The predicted octanol–water partition coefficient (Wildman–Crippen LogP) is 6.89. The SMILES string of the molecule is CCC1=C(C(=O)OC)[C@@H](c2ccccc2)n2c(s/c(=C/c3cc(I)c(OCc4ccc(Cl)c(Cl)c4)c(I)c3)c2=O)=N1. The highest BCUT2D eigenvalue weighted by molar-refractivity contribution is 14.1. The lowest BCUT2D eigenvalue weighted by atomic mass is 9.95. The summed E-state index contributed by atoms with van der Waals surface area (Å²) in [4.78, 5) is 32.1. The van der Waals surface area contributed by atoms with Gasteiger partial charge in [0.25, 0.3) is 5.56 Å². The van der Waals surface area contributed by atoms with Crippen molar-refractivity contribution in [1.82, 2.24) is 4.57 Å². The van der Waals surface area contributed by atoms with E-state index in [4.69, 9.17) is 37.7 Å². The van der Waals surface area contributed by atoms with E-state index in [9.17, 15) is 9.59 Å². The van der Waals surface area contributed by atoms with Crippen LogP contribution in [0.15, 0.2) is 81.7 Å². The fraction of sp³-hybridized carbons (Fsp3) is 0.167. The molecule has 0 spiro atoms. The third-order valence-corrected chi connectivity index (χ3v) is 9.78. The molecule has 41 heavy (non-hydrogen) atoms. The van der Waals surface area contributed by atoms with Crippen molar-refractivity contribution in [2.45, 2.75) is 26.0 Å². The van der Waals surface area contributed by atoms with Crippen LogP contribution in [0.4, 0.5) is 0 Å². The summed E-state index contributed by atoms with van der Waals surface area (Å²) >= 11 is 17.9. The summed E-state index contributed by atoms with van der Waals surface area (Å²) in [6.45, 7) is 2.27. The van der Waals surface area contributed by atoms with E-state index >= 15 is 0 Å². The highest BCUT2D eigenvalue weighted by atomic mass is 127. The Labute approximate surface area is 277 Å². The Morgan fingerprint density at radius 3 is 2.41 bits per heavy atom. The summed E-state index contributed by atoms with van der Waals surface area (Å²) in [5.41, 5.74) is 3.35. The van der Waals surface area contributed by atoms with Crippen molar-refractivity contribution in [2.75, 3.05) is 7.11 Å². The predicted molar refractivity (Wildman–Crippen MR) is 180 cm³/mol. The Morgan fingerprint density at radius 1 is 1.07 bits per heavy atom. The lowest BCUT2D eigenvalue weighted by Gasteiger charge is -2.25. The number of esters is 1. The maximum atomic E-state index is 13.9. The van der Waals surface area contributed by atoms with Crippen molar-refractivity contribution in [3.63, 3.8) is 0 Å². The molecule has 4 aromatic rings. The zero-order chi connectivity index (χ0) is 29.3. The zero-order valence-electron chi connectivity index (χ0n) is 21.8. The summed E-state index contributed by atoms with van der Waals surface area (Å²) in [5.74, 6) is 0.254.